The number of hydrogen-bond donors (Lipinski definition) is 1. The molecule has 0 saturated carbocycles. The average Bonchev–Trinajstić information content (AvgIpc) is 2.75. The van der Waals surface area contributed by atoms with Gasteiger partial charge in [0.25, 0.3) is 0 Å². The molecule has 0 spiro atoms. The van der Waals surface area contributed by atoms with Gasteiger partial charge >= 0.3 is 0 Å². The lowest BCUT2D eigenvalue weighted by atomic mass is 10.1. The molecule has 4 rings (SSSR count). The Kier molecular flexibility index (Phi) is 5.24. The number of anilines is 1. The molecule has 1 aromatic carbocycles. The largest absolute Gasteiger partial charge is 0.294 e. The average molecular weight is 386 g/mol. The summed E-state index contributed by atoms with van der Waals surface area (Å²) >= 11 is 0. The second-order valence-corrected chi connectivity index (χ2v) is 6.21. The maximum atomic E-state index is 13.3. The van der Waals surface area contributed by atoms with Crippen molar-refractivity contribution in [3.8, 4) is 22.4 Å². The van der Waals surface area contributed by atoms with Crippen LogP contribution in [0.1, 0.15) is 5.56 Å². The molecule has 7 nitrogen and oxygen atoms in total. The number of aromatic nitrogens is 5. The Morgan fingerprint density at radius 3 is 2.41 bits per heavy atom. The van der Waals surface area contributed by atoms with Gasteiger partial charge in [-0.25, -0.2) is 14.4 Å². The molecule has 0 bridgehead atoms. The fraction of sp³-hybridized carbons (Fsp3) is 0.0476. The Hall–Kier alpha value is -4.07. The topological polar surface area (TPSA) is 93.5 Å². The zero-order valence-corrected chi connectivity index (χ0v) is 15.2. The fourth-order valence-corrected chi connectivity index (χ4v) is 2.71. The predicted octanol–water partition coefficient (Wildman–Crippen LogP) is 3.32. The first-order valence-electron chi connectivity index (χ1n) is 8.77. The molecular formula is C21H15FN6O. The lowest BCUT2D eigenvalue weighted by molar-refractivity contribution is -0.115. The highest BCUT2D eigenvalue weighted by molar-refractivity contribution is 5.90. The van der Waals surface area contributed by atoms with Crippen LogP contribution in [0.25, 0.3) is 22.4 Å². The number of carbonyl (C=O) groups is 1. The van der Waals surface area contributed by atoms with Gasteiger partial charge in [-0.3, -0.25) is 15.1 Å². The minimum absolute atomic E-state index is 0.136. The van der Waals surface area contributed by atoms with Gasteiger partial charge < -0.3 is 0 Å². The molecule has 8 heteroatoms. The second-order valence-electron chi connectivity index (χ2n) is 6.21. The quantitative estimate of drug-likeness (QED) is 0.566. The van der Waals surface area contributed by atoms with E-state index < -0.39 is 0 Å². The first kappa shape index (κ1) is 18.3. The number of nitrogens with zero attached hydrogens (tertiary/aromatic N) is 5. The van der Waals surface area contributed by atoms with Crippen molar-refractivity contribution in [1.82, 2.24) is 25.1 Å². The number of carbonyl (C=O) groups excluding carboxylic acids is 1. The monoisotopic (exact) mass is 386 g/mol. The summed E-state index contributed by atoms with van der Waals surface area (Å²) in [7, 11) is 0. The summed E-state index contributed by atoms with van der Waals surface area (Å²) in [4.78, 5) is 24.9. The van der Waals surface area contributed by atoms with Crippen molar-refractivity contribution < 1.29 is 9.18 Å². The molecule has 1 amide bonds. The van der Waals surface area contributed by atoms with E-state index in [0.717, 1.165) is 16.8 Å². The third kappa shape index (κ3) is 4.62. The Labute approximate surface area is 165 Å². The standard InChI is InChI=1S/C21H15FN6O/c22-18-3-1-2-15(9-18)17-11-24-21(25-12-17)28-20(29)8-14-4-5-19(23-10-14)16-6-7-26-27-13-16/h1-7,9-13H,8H2,(H,24,25,28,29). The lowest BCUT2D eigenvalue weighted by Gasteiger charge is -2.06. The van der Waals surface area contributed by atoms with Crippen LogP contribution in [-0.4, -0.2) is 31.1 Å². The normalized spacial score (nSPS) is 10.5. The molecule has 142 valence electrons. The molecule has 0 aliphatic carbocycles. The second kappa shape index (κ2) is 8.30. The number of amides is 1. The van der Waals surface area contributed by atoms with Crippen molar-refractivity contribution >= 4 is 11.9 Å². The number of pyridine rings is 1. The molecule has 3 aromatic heterocycles. The molecule has 29 heavy (non-hydrogen) atoms. The molecule has 0 fully saturated rings. The van der Waals surface area contributed by atoms with Crippen LogP contribution in [0, 0.1) is 5.82 Å². The summed E-state index contributed by atoms with van der Waals surface area (Å²) in [6.45, 7) is 0. The van der Waals surface area contributed by atoms with E-state index in [0.29, 0.717) is 11.1 Å². The van der Waals surface area contributed by atoms with E-state index in [1.54, 1.807) is 30.7 Å². The van der Waals surface area contributed by atoms with Crippen LogP contribution in [0.3, 0.4) is 0 Å². The molecule has 0 radical (unpaired) electrons. The van der Waals surface area contributed by atoms with Gasteiger partial charge in [0.15, 0.2) is 0 Å². The van der Waals surface area contributed by atoms with Gasteiger partial charge in [-0.1, -0.05) is 18.2 Å². The predicted molar refractivity (Wildman–Crippen MR) is 105 cm³/mol. The van der Waals surface area contributed by atoms with Crippen molar-refractivity contribution in [2.75, 3.05) is 5.32 Å². The van der Waals surface area contributed by atoms with Gasteiger partial charge in [-0.15, -0.1) is 0 Å². The van der Waals surface area contributed by atoms with Crippen molar-refractivity contribution in [2.24, 2.45) is 0 Å². The van der Waals surface area contributed by atoms with E-state index in [-0.39, 0.29) is 24.1 Å². The Morgan fingerprint density at radius 2 is 1.72 bits per heavy atom. The highest BCUT2D eigenvalue weighted by atomic mass is 19.1. The maximum absolute atomic E-state index is 13.3. The Balaban J connectivity index is 1.38. The van der Waals surface area contributed by atoms with Crippen LogP contribution in [0.5, 0.6) is 0 Å². The van der Waals surface area contributed by atoms with Crippen LogP contribution in [0.2, 0.25) is 0 Å². The highest BCUT2D eigenvalue weighted by Crippen LogP contribution is 2.19. The van der Waals surface area contributed by atoms with E-state index in [4.69, 9.17) is 0 Å². The van der Waals surface area contributed by atoms with Crippen molar-refractivity contribution in [1.29, 1.82) is 0 Å². The summed E-state index contributed by atoms with van der Waals surface area (Å²) < 4.78 is 13.3. The van der Waals surface area contributed by atoms with Crippen LogP contribution in [0.4, 0.5) is 10.3 Å². The van der Waals surface area contributed by atoms with Crippen molar-refractivity contribution in [3.05, 3.63) is 84.8 Å². The molecule has 0 unspecified atom stereocenters. The van der Waals surface area contributed by atoms with Gasteiger partial charge in [-0.2, -0.15) is 10.2 Å². The Bertz CT molecular complexity index is 1120. The van der Waals surface area contributed by atoms with Gasteiger partial charge in [0, 0.05) is 29.7 Å². The zero-order chi connectivity index (χ0) is 20.1. The molecule has 1 N–H and O–H groups in total. The third-order valence-electron chi connectivity index (χ3n) is 4.13. The fourth-order valence-electron chi connectivity index (χ4n) is 2.71. The van der Waals surface area contributed by atoms with E-state index in [1.165, 1.54) is 24.5 Å². The summed E-state index contributed by atoms with van der Waals surface area (Å²) in [5.74, 6) is -0.411. The van der Waals surface area contributed by atoms with E-state index in [9.17, 15) is 9.18 Å². The number of halogens is 1. The number of benzene rings is 1. The molecule has 0 aliphatic heterocycles. The highest BCUT2D eigenvalue weighted by Gasteiger charge is 2.08. The number of hydrogen-bond acceptors (Lipinski definition) is 6. The number of nitrogens with one attached hydrogen (secondary N) is 1. The SMILES string of the molecule is O=C(Cc1ccc(-c2ccnnc2)nc1)Nc1ncc(-c2cccc(F)c2)cn1. The van der Waals surface area contributed by atoms with Crippen LogP contribution in [-0.2, 0) is 11.2 Å². The summed E-state index contributed by atoms with van der Waals surface area (Å²) in [6.07, 6.45) is 8.07. The van der Waals surface area contributed by atoms with Crippen molar-refractivity contribution in [3.63, 3.8) is 0 Å². The minimum atomic E-state index is -0.334. The first-order valence-corrected chi connectivity index (χ1v) is 8.77. The molecule has 4 aromatic rings. The number of rotatable bonds is 5. The van der Waals surface area contributed by atoms with Gasteiger partial charge in [0.2, 0.25) is 11.9 Å². The summed E-state index contributed by atoms with van der Waals surface area (Å²) in [5, 5.41) is 10.2. The van der Waals surface area contributed by atoms with Crippen LogP contribution >= 0.6 is 0 Å². The maximum Gasteiger partial charge on any atom is 0.231 e. The first-order chi connectivity index (χ1) is 14.2. The third-order valence-corrected chi connectivity index (χ3v) is 4.13. The van der Waals surface area contributed by atoms with Gasteiger partial charge in [0.1, 0.15) is 5.82 Å². The smallest absolute Gasteiger partial charge is 0.231 e. The van der Waals surface area contributed by atoms with Gasteiger partial charge in [-0.05, 0) is 35.4 Å². The molecule has 0 aliphatic rings. The van der Waals surface area contributed by atoms with E-state index in [1.807, 2.05) is 18.2 Å². The van der Waals surface area contributed by atoms with E-state index >= 15 is 0 Å². The zero-order valence-electron chi connectivity index (χ0n) is 15.2. The minimum Gasteiger partial charge on any atom is -0.294 e. The molecular weight excluding hydrogens is 371 g/mol. The summed E-state index contributed by atoms with van der Waals surface area (Å²) in [6, 6.07) is 11.6. The van der Waals surface area contributed by atoms with Crippen LogP contribution in [0.15, 0.2) is 73.4 Å². The Morgan fingerprint density at radius 1 is 0.862 bits per heavy atom. The lowest BCUT2D eigenvalue weighted by Crippen LogP contribution is -2.16. The van der Waals surface area contributed by atoms with E-state index in [2.05, 4.69) is 30.5 Å². The van der Waals surface area contributed by atoms with Gasteiger partial charge in [0.05, 0.1) is 24.5 Å². The molecule has 0 atom stereocenters. The molecule has 3 heterocycles. The van der Waals surface area contributed by atoms with Crippen molar-refractivity contribution in [2.45, 2.75) is 6.42 Å². The molecule has 0 saturated heterocycles. The summed E-state index contributed by atoms with van der Waals surface area (Å²) in [5.41, 5.74) is 3.68. The van der Waals surface area contributed by atoms with Crippen LogP contribution < -0.4 is 5.32 Å².